The third-order valence-corrected chi connectivity index (χ3v) is 4.63. The first-order valence-corrected chi connectivity index (χ1v) is 6.87. The summed E-state index contributed by atoms with van der Waals surface area (Å²) >= 11 is 5.96. The molecule has 0 amide bonds. The Labute approximate surface area is 93.6 Å². The van der Waals surface area contributed by atoms with Crippen molar-refractivity contribution in [3.05, 3.63) is 22.7 Å². The van der Waals surface area contributed by atoms with Crippen molar-refractivity contribution in [3.63, 3.8) is 0 Å². The molecule has 82 valence electrons. The zero-order valence-corrected chi connectivity index (χ0v) is 9.85. The molecule has 1 aromatic heterocycles. The van der Waals surface area contributed by atoms with Crippen LogP contribution in [0.15, 0.2) is 6.20 Å². The summed E-state index contributed by atoms with van der Waals surface area (Å²) in [6, 6.07) is 0. The minimum absolute atomic E-state index is 0.0388. The maximum Gasteiger partial charge on any atom is 0.150 e. The van der Waals surface area contributed by atoms with E-state index in [2.05, 4.69) is 9.97 Å². The number of aryl methyl sites for hydroxylation is 1. The van der Waals surface area contributed by atoms with Gasteiger partial charge in [0.05, 0.1) is 11.5 Å². The molecular formula is C9H11ClN2O2S. The normalized spacial score (nSPS) is 24.3. The summed E-state index contributed by atoms with van der Waals surface area (Å²) in [7, 11) is -2.88. The molecule has 1 aliphatic rings. The fourth-order valence-corrected chi connectivity index (χ4v) is 3.86. The minimum Gasteiger partial charge on any atom is -0.241 e. The van der Waals surface area contributed by atoms with Crippen LogP contribution in [0.25, 0.3) is 0 Å². The zero-order valence-electron chi connectivity index (χ0n) is 8.27. The first-order valence-electron chi connectivity index (χ1n) is 4.67. The molecule has 0 aliphatic carbocycles. The molecule has 1 fully saturated rings. The van der Waals surface area contributed by atoms with Crippen LogP contribution in [0, 0.1) is 6.92 Å². The molecule has 1 aliphatic heterocycles. The van der Waals surface area contributed by atoms with Crippen molar-refractivity contribution in [3.8, 4) is 0 Å². The van der Waals surface area contributed by atoms with Gasteiger partial charge in [0.1, 0.15) is 11.0 Å². The Hall–Kier alpha value is -0.680. The molecule has 1 aromatic rings. The van der Waals surface area contributed by atoms with E-state index in [9.17, 15) is 8.42 Å². The summed E-state index contributed by atoms with van der Waals surface area (Å²) in [5.74, 6) is 0.966. The van der Waals surface area contributed by atoms with E-state index in [1.807, 2.05) is 0 Å². The lowest BCUT2D eigenvalue weighted by Gasteiger charge is -2.08. The highest BCUT2D eigenvalue weighted by Gasteiger charge is 2.30. The van der Waals surface area contributed by atoms with Gasteiger partial charge >= 0.3 is 0 Å². The van der Waals surface area contributed by atoms with Crippen LogP contribution in [0.1, 0.15) is 23.7 Å². The number of halogens is 1. The summed E-state index contributed by atoms with van der Waals surface area (Å²) in [4.78, 5) is 8.07. The summed E-state index contributed by atoms with van der Waals surface area (Å²) in [5.41, 5.74) is 0.753. The van der Waals surface area contributed by atoms with Crippen molar-refractivity contribution in [1.82, 2.24) is 9.97 Å². The van der Waals surface area contributed by atoms with E-state index in [4.69, 9.17) is 11.6 Å². The molecule has 0 saturated carbocycles. The van der Waals surface area contributed by atoms with Gasteiger partial charge in [0.2, 0.25) is 0 Å². The lowest BCUT2D eigenvalue weighted by atomic mass is 10.0. The van der Waals surface area contributed by atoms with Gasteiger partial charge in [0.25, 0.3) is 0 Å². The van der Waals surface area contributed by atoms with E-state index >= 15 is 0 Å². The maximum absolute atomic E-state index is 11.3. The van der Waals surface area contributed by atoms with Gasteiger partial charge in [0, 0.05) is 17.7 Å². The predicted molar refractivity (Wildman–Crippen MR) is 57.8 cm³/mol. The lowest BCUT2D eigenvalue weighted by Crippen LogP contribution is -2.05. The van der Waals surface area contributed by atoms with E-state index in [1.54, 1.807) is 13.1 Å². The Morgan fingerprint density at radius 3 is 2.80 bits per heavy atom. The number of nitrogens with zero attached hydrogens (tertiary/aromatic N) is 2. The van der Waals surface area contributed by atoms with E-state index < -0.39 is 9.84 Å². The van der Waals surface area contributed by atoms with Gasteiger partial charge in [-0.15, -0.1) is 0 Å². The number of hydrogen-bond acceptors (Lipinski definition) is 4. The molecule has 1 atom stereocenters. The van der Waals surface area contributed by atoms with Crippen LogP contribution in [0.3, 0.4) is 0 Å². The third-order valence-electron chi connectivity index (χ3n) is 2.56. The number of aromatic nitrogens is 2. The fraction of sp³-hybridized carbons (Fsp3) is 0.556. The van der Waals surface area contributed by atoms with Crippen LogP contribution in [0.4, 0.5) is 0 Å². The number of hydrogen-bond donors (Lipinski definition) is 0. The van der Waals surface area contributed by atoms with Crippen LogP contribution in [0.2, 0.25) is 5.15 Å². The Kier molecular flexibility index (Phi) is 2.68. The molecule has 0 bridgehead atoms. The van der Waals surface area contributed by atoms with Crippen molar-refractivity contribution in [1.29, 1.82) is 0 Å². The summed E-state index contributed by atoms with van der Waals surface area (Å²) in [6.45, 7) is 1.75. The van der Waals surface area contributed by atoms with Crippen molar-refractivity contribution >= 4 is 21.4 Å². The summed E-state index contributed by atoms with van der Waals surface area (Å²) in [5, 5.41) is 0.379. The molecular weight excluding hydrogens is 236 g/mol. The van der Waals surface area contributed by atoms with Crippen molar-refractivity contribution in [2.75, 3.05) is 11.5 Å². The van der Waals surface area contributed by atoms with E-state index in [0.29, 0.717) is 17.4 Å². The average Bonchev–Trinajstić information content (AvgIpc) is 2.46. The van der Waals surface area contributed by atoms with Crippen molar-refractivity contribution in [2.24, 2.45) is 0 Å². The number of rotatable bonds is 1. The second-order valence-corrected chi connectivity index (χ2v) is 6.35. The Morgan fingerprint density at radius 2 is 2.27 bits per heavy atom. The highest BCUT2D eigenvalue weighted by atomic mass is 35.5. The van der Waals surface area contributed by atoms with E-state index in [1.165, 1.54) is 0 Å². The molecule has 6 heteroatoms. The van der Waals surface area contributed by atoms with Crippen LogP contribution >= 0.6 is 11.6 Å². The molecule has 15 heavy (non-hydrogen) atoms. The SMILES string of the molecule is Cc1ncc(C2CCS(=O)(=O)C2)c(Cl)n1. The molecule has 0 spiro atoms. The second kappa shape index (κ2) is 3.72. The van der Waals surface area contributed by atoms with Gasteiger partial charge in [-0.2, -0.15) is 0 Å². The first-order chi connectivity index (χ1) is 6.98. The third kappa shape index (κ3) is 2.29. The first kappa shape index (κ1) is 10.8. The van der Waals surface area contributed by atoms with Gasteiger partial charge in [-0.05, 0) is 13.3 Å². The molecule has 4 nitrogen and oxygen atoms in total. The molecule has 2 heterocycles. The quantitative estimate of drug-likeness (QED) is 0.702. The van der Waals surface area contributed by atoms with Crippen LogP contribution in [0.5, 0.6) is 0 Å². The Balaban J connectivity index is 2.32. The van der Waals surface area contributed by atoms with E-state index in [-0.39, 0.29) is 17.4 Å². The van der Waals surface area contributed by atoms with Crippen LogP contribution in [-0.2, 0) is 9.84 Å². The largest absolute Gasteiger partial charge is 0.241 e. The Morgan fingerprint density at radius 1 is 1.53 bits per heavy atom. The highest BCUT2D eigenvalue weighted by molar-refractivity contribution is 7.91. The maximum atomic E-state index is 11.3. The van der Waals surface area contributed by atoms with E-state index in [0.717, 1.165) is 5.56 Å². The van der Waals surface area contributed by atoms with Crippen molar-refractivity contribution in [2.45, 2.75) is 19.3 Å². The Bertz CT molecular complexity index is 487. The molecule has 1 saturated heterocycles. The highest BCUT2D eigenvalue weighted by Crippen LogP contribution is 2.31. The van der Waals surface area contributed by atoms with Gasteiger partial charge in [-0.25, -0.2) is 18.4 Å². The number of sulfone groups is 1. The second-order valence-electron chi connectivity index (χ2n) is 3.76. The average molecular weight is 247 g/mol. The fourth-order valence-electron chi connectivity index (χ4n) is 1.77. The van der Waals surface area contributed by atoms with Gasteiger partial charge in [-0.1, -0.05) is 11.6 Å². The molecule has 0 aromatic carbocycles. The minimum atomic E-state index is -2.88. The van der Waals surface area contributed by atoms with Crippen LogP contribution in [-0.4, -0.2) is 29.9 Å². The predicted octanol–water partition coefficient (Wildman–Crippen LogP) is 1.34. The smallest absolute Gasteiger partial charge is 0.150 e. The lowest BCUT2D eigenvalue weighted by molar-refractivity contribution is 0.601. The summed E-state index contributed by atoms with van der Waals surface area (Å²) < 4.78 is 22.6. The van der Waals surface area contributed by atoms with Gasteiger partial charge in [0.15, 0.2) is 9.84 Å². The molecule has 2 rings (SSSR count). The standard InChI is InChI=1S/C9H11ClN2O2S/c1-6-11-4-8(9(10)12-6)7-2-3-15(13,14)5-7/h4,7H,2-3,5H2,1H3. The van der Waals surface area contributed by atoms with Crippen LogP contribution < -0.4 is 0 Å². The van der Waals surface area contributed by atoms with Gasteiger partial charge in [-0.3, -0.25) is 0 Å². The zero-order chi connectivity index (χ0) is 11.1. The van der Waals surface area contributed by atoms with Crippen molar-refractivity contribution < 1.29 is 8.42 Å². The van der Waals surface area contributed by atoms with Gasteiger partial charge < -0.3 is 0 Å². The molecule has 0 radical (unpaired) electrons. The molecule has 1 unspecified atom stereocenters. The summed E-state index contributed by atoms with van der Waals surface area (Å²) in [6.07, 6.45) is 2.25. The molecule has 0 N–H and O–H groups in total. The topological polar surface area (TPSA) is 59.9 Å². The monoisotopic (exact) mass is 246 g/mol.